The molecular formula is C65H67NS. The first-order valence-electron chi connectivity index (χ1n) is 25.5. The van der Waals surface area contributed by atoms with Gasteiger partial charge in [-0.25, -0.2) is 0 Å². The number of hydrogen-bond donors (Lipinski definition) is 0. The molecule has 1 nitrogen and oxygen atoms in total. The van der Waals surface area contributed by atoms with Crippen LogP contribution in [0.5, 0.6) is 0 Å². The van der Waals surface area contributed by atoms with Crippen LogP contribution in [0.15, 0.2) is 140 Å². The molecule has 0 atom stereocenters. The van der Waals surface area contributed by atoms with Crippen molar-refractivity contribution in [3.8, 4) is 37.7 Å². The molecule has 0 saturated heterocycles. The van der Waals surface area contributed by atoms with Crippen molar-refractivity contribution in [3.63, 3.8) is 0 Å². The minimum Gasteiger partial charge on any atom is -0.309 e. The van der Waals surface area contributed by atoms with Gasteiger partial charge in [-0.3, -0.25) is 0 Å². The predicted octanol–water partition coefficient (Wildman–Crippen LogP) is 19.9. The molecule has 0 radical (unpaired) electrons. The second-order valence-corrected chi connectivity index (χ2v) is 23.2. The van der Waals surface area contributed by atoms with Gasteiger partial charge in [0.2, 0.25) is 0 Å². The Morgan fingerprint density at radius 1 is 0.448 bits per heavy atom. The summed E-state index contributed by atoms with van der Waals surface area (Å²) in [5, 5.41) is 10.8. The Morgan fingerprint density at radius 2 is 0.985 bits per heavy atom. The van der Waals surface area contributed by atoms with Crippen molar-refractivity contribution >= 4 is 65.5 Å². The van der Waals surface area contributed by atoms with Crippen LogP contribution >= 0.6 is 11.3 Å². The maximum absolute atomic E-state index is 2.64. The van der Waals surface area contributed by atoms with Crippen LogP contribution < -0.4 is 0 Å². The molecule has 10 aromatic rings. The van der Waals surface area contributed by atoms with Crippen molar-refractivity contribution in [3.05, 3.63) is 162 Å². The van der Waals surface area contributed by atoms with E-state index in [9.17, 15) is 0 Å². The molecule has 338 valence electrons. The fraction of sp³-hybridized carbons (Fsp3) is 0.323. The molecule has 0 amide bonds. The standard InChI is InChI=1S/C65H67NS/c1-9-11-13-15-36-65(37-16-14-12-10-2)55-38-45(59-34-35-60(67-59)51-29-22-44-21-20-42-18-17-19-43-23-30-52(51)62(44)61(42)43)24-28-49(55)50-31-27-48(41-56(50)65)66-57-32-25-46(63(3,4)5)39-53(57)54-40-47(64(6,7)8)26-33-58(54)66/h17-35,38-41H,9-16,36-37H2,1-8H3. The largest absolute Gasteiger partial charge is 0.309 e. The van der Waals surface area contributed by atoms with Crippen LogP contribution in [0, 0.1) is 0 Å². The Hall–Kier alpha value is -5.70. The summed E-state index contributed by atoms with van der Waals surface area (Å²) < 4.78 is 2.59. The van der Waals surface area contributed by atoms with Crippen molar-refractivity contribution in [2.45, 2.75) is 136 Å². The molecule has 2 heteroatoms. The molecule has 0 aliphatic heterocycles. The molecule has 2 heterocycles. The average Bonchev–Trinajstić information content (AvgIpc) is 4.02. The number of hydrogen-bond acceptors (Lipinski definition) is 1. The highest BCUT2D eigenvalue weighted by molar-refractivity contribution is 7.19. The summed E-state index contributed by atoms with van der Waals surface area (Å²) >= 11 is 1.95. The van der Waals surface area contributed by atoms with E-state index < -0.39 is 0 Å². The molecule has 0 fully saturated rings. The van der Waals surface area contributed by atoms with E-state index in [1.54, 1.807) is 11.1 Å². The van der Waals surface area contributed by atoms with Crippen LogP contribution in [-0.4, -0.2) is 4.57 Å². The zero-order chi connectivity index (χ0) is 46.2. The molecule has 0 spiro atoms. The second-order valence-electron chi connectivity index (χ2n) is 22.1. The van der Waals surface area contributed by atoms with Crippen molar-refractivity contribution in [1.29, 1.82) is 0 Å². The predicted molar refractivity (Wildman–Crippen MR) is 294 cm³/mol. The molecule has 8 aromatic carbocycles. The third-order valence-corrected chi connectivity index (χ3v) is 16.9. The van der Waals surface area contributed by atoms with Gasteiger partial charge in [-0.2, -0.15) is 0 Å². The van der Waals surface area contributed by atoms with Crippen LogP contribution in [0.4, 0.5) is 0 Å². The second kappa shape index (κ2) is 16.8. The van der Waals surface area contributed by atoms with Gasteiger partial charge in [0.25, 0.3) is 0 Å². The minimum atomic E-state index is -0.0537. The molecule has 0 N–H and O–H groups in total. The van der Waals surface area contributed by atoms with E-state index >= 15 is 0 Å². The number of thiophene rings is 1. The minimum absolute atomic E-state index is 0.0537. The van der Waals surface area contributed by atoms with Gasteiger partial charge in [0.05, 0.1) is 11.0 Å². The van der Waals surface area contributed by atoms with Crippen molar-refractivity contribution in [2.75, 3.05) is 0 Å². The molecule has 2 aromatic heterocycles. The van der Waals surface area contributed by atoms with E-state index in [4.69, 9.17) is 0 Å². The molecule has 11 rings (SSSR count). The monoisotopic (exact) mass is 893 g/mol. The number of unbranched alkanes of at least 4 members (excludes halogenated alkanes) is 6. The normalized spacial score (nSPS) is 13.8. The lowest BCUT2D eigenvalue weighted by atomic mass is 9.70. The molecule has 1 aliphatic carbocycles. The highest BCUT2D eigenvalue weighted by Crippen LogP contribution is 2.56. The Balaban J connectivity index is 1.06. The molecule has 0 unspecified atom stereocenters. The van der Waals surface area contributed by atoms with Gasteiger partial charge in [0, 0.05) is 31.6 Å². The topological polar surface area (TPSA) is 4.93 Å². The molecule has 67 heavy (non-hydrogen) atoms. The van der Waals surface area contributed by atoms with Gasteiger partial charge in [0.1, 0.15) is 0 Å². The van der Waals surface area contributed by atoms with Crippen LogP contribution in [-0.2, 0) is 16.2 Å². The van der Waals surface area contributed by atoms with Gasteiger partial charge >= 0.3 is 0 Å². The quantitative estimate of drug-likeness (QED) is 0.0803. The molecule has 0 bridgehead atoms. The summed E-state index contributed by atoms with van der Waals surface area (Å²) in [6.45, 7) is 18.7. The van der Waals surface area contributed by atoms with Gasteiger partial charge < -0.3 is 4.57 Å². The zero-order valence-electron chi connectivity index (χ0n) is 41.2. The fourth-order valence-corrected chi connectivity index (χ4v) is 13.0. The average molecular weight is 894 g/mol. The van der Waals surface area contributed by atoms with Crippen molar-refractivity contribution in [1.82, 2.24) is 4.57 Å². The van der Waals surface area contributed by atoms with Crippen LogP contribution in [0.3, 0.4) is 0 Å². The first-order valence-corrected chi connectivity index (χ1v) is 26.4. The number of aromatic nitrogens is 1. The van der Waals surface area contributed by atoms with Gasteiger partial charge in [0.15, 0.2) is 0 Å². The fourth-order valence-electron chi connectivity index (χ4n) is 12.0. The smallest absolute Gasteiger partial charge is 0.0541 e. The van der Waals surface area contributed by atoms with Crippen LogP contribution in [0.1, 0.15) is 142 Å². The molecule has 0 saturated carbocycles. The Morgan fingerprint density at radius 3 is 1.60 bits per heavy atom. The maximum atomic E-state index is 2.64. The summed E-state index contributed by atoms with van der Waals surface area (Å²) in [6.07, 6.45) is 12.5. The van der Waals surface area contributed by atoms with E-state index in [2.05, 4.69) is 199 Å². The summed E-state index contributed by atoms with van der Waals surface area (Å²) in [6, 6.07) is 55.0. The molecule has 1 aliphatic rings. The summed E-state index contributed by atoms with van der Waals surface area (Å²) in [5.41, 5.74) is 15.3. The lowest BCUT2D eigenvalue weighted by Gasteiger charge is -2.33. The van der Waals surface area contributed by atoms with Crippen molar-refractivity contribution in [2.24, 2.45) is 0 Å². The van der Waals surface area contributed by atoms with Crippen LogP contribution in [0.2, 0.25) is 0 Å². The number of nitrogens with zero attached hydrogens (tertiary/aromatic N) is 1. The Kier molecular flexibility index (Phi) is 11.0. The van der Waals surface area contributed by atoms with E-state index in [0.29, 0.717) is 0 Å². The summed E-state index contributed by atoms with van der Waals surface area (Å²) in [4.78, 5) is 2.68. The highest BCUT2D eigenvalue weighted by atomic mass is 32.1. The Labute approximate surface area is 403 Å². The summed E-state index contributed by atoms with van der Waals surface area (Å²) in [5.74, 6) is 0. The first-order chi connectivity index (χ1) is 32.4. The maximum Gasteiger partial charge on any atom is 0.0541 e. The number of fused-ring (bicyclic) bond motifs is 6. The first kappa shape index (κ1) is 43.8. The van der Waals surface area contributed by atoms with E-state index in [-0.39, 0.29) is 16.2 Å². The lowest BCUT2D eigenvalue weighted by Crippen LogP contribution is -2.26. The number of benzene rings is 8. The van der Waals surface area contributed by atoms with Crippen molar-refractivity contribution < 1.29 is 0 Å². The van der Waals surface area contributed by atoms with Gasteiger partial charge in [-0.1, -0.05) is 192 Å². The zero-order valence-corrected chi connectivity index (χ0v) is 42.0. The van der Waals surface area contributed by atoms with E-state index in [1.165, 1.54) is 167 Å². The third kappa shape index (κ3) is 7.41. The summed E-state index contributed by atoms with van der Waals surface area (Å²) in [7, 11) is 0. The van der Waals surface area contributed by atoms with E-state index in [0.717, 1.165) is 0 Å². The van der Waals surface area contributed by atoms with Gasteiger partial charge in [-0.15, -0.1) is 11.3 Å². The van der Waals surface area contributed by atoms with Gasteiger partial charge in [-0.05, 0) is 155 Å². The molecular weight excluding hydrogens is 827 g/mol. The van der Waals surface area contributed by atoms with E-state index in [1.807, 2.05) is 11.3 Å². The van der Waals surface area contributed by atoms with Crippen LogP contribution in [0.25, 0.3) is 91.8 Å². The Bertz CT molecular complexity index is 3370. The SMILES string of the molecule is CCCCCCC1(CCCCCC)c2cc(-c3ccc(-c4ccc5ccc6cccc7ccc4c5c67)s3)ccc2-c2ccc(-n3c4ccc(C(C)(C)C)cc4c4cc(C(C)(C)C)ccc43)cc21. The highest BCUT2D eigenvalue weighted by Gasteiger charge is 2.43. The number of rotatable bonds is 13. The lowest BCUT2D eigenvalue weighted by molar-refractivity contribution is 0.401. The third-order valence-electron chi connectivity index (χ3n) is 15.7.